The van der Waals surface area contributed by atoms with E-state index in [-0.39, 0.29) is 35.9 Å². The van der Waals surface area contributed by atoms with E-state index in [1.165, 1.54) is 30.0 Å². The Morgan fingerprint density at radius 2 is 1.75 bits per heavy atom. The zero-order valence-corrected chi connectivity index (χ0v) is 15.2. The van der Waals surface area contributed by atoms with Gasteiger partial charge in [-0.1, -0.05) is 48.5 Å². The van der Waals surface area contributed by atoms with Crippen LogP contribution in [0.3, 0.4) is 0 Å². The van der Waals surface area contributed by atoms with E-state index in [0.29, 0.717) is 5.56 Å². The van der Waals surface area contributed by atoms with Gasteiger partial charge in [-0.05, 0) is 6.07 Å². The van der Waals surface area contributed by atoms with Crippen LogP contribution in [0.15, 0.2) is 60.2 Å². The van der Waals surface area contributed by atoms with Crippen LogP contribution in [0, 0.1) is 5.82 Å². The summed E-state index contributed by atoms with van der Waals surface area (Å²) in [6.07, 6.45) is 0. The van der Waals surface area contributed by atoms with Gasteiger partial charge in [-0.3, -0.25) is 14.4 Å². The number of halogens is 1. The lowest BCUT2D eigenvalue weighted by Gasteiger charge is -2.25. The normalized spacial score (nSPS) is 18.4. The monoisotopic (exact) mass is 382 g/mol. The van der Waals surface area contributed by atoms with Crippen LogP contribution in [-0.2, 0) is 14.4 Å². The summed E-state index contributed by atoms with van der Waals surface area (Å²) in [7, 11) is 0. The van der Waals surface area contributed by atoms with E-state index in [2.05, 4.69) is 5.32 Å². The average Bonchev–Trinajstić information content (AvgIpc) is 2.93. The largest absolute Gasteiger partial charge is 0.507 e. The molecule has 6 nitrogen and oxygen atoms in total. The van der Waals surface area contributed by atoms with E-state index >= 15 is 0 Å². The molecule has 2 aromatic carbocycles. The van der Waals surface area contributed by atoms with Gasteiger partial charge in [-0.25, -0.2) is 4.39 Å². The number of nitrogens with zero attached hydrogens (tertiary/aromatic N) is 1. The number of rotatable bonds is 5. The van der Waals surface area contributed by atoms with Crippen LogP contribution in [0.1, 0.15) is 24.1 Å². The number of benzene rings is 2. The van der Waals surface area contributed by atoms with Crippen molar-refractivity contribution in [2.45, 2.75) is 13.0 Å². The highest BCUT2D eigenvalue weighted by Crippen LogP contribution is 2.39. The maximum atomic E-state index is 14.5. The van der Waals surface area contributed by atoms with Crippen molar-refractivity contribution in [1.82, 2.24) is 10.2 Å². The van der Waals surface area contributed by atoms with Gasteiger partial charge >= 0.3 is 0 Å². The van der Waals surface area contributed by atoms with Crippen molar-refractivity contribution in [2.75, 3.05) is 13.1 Å². The molecular weight excluding hydrogens is 363 g/mol. The minimum absolute atomic E-state index is 0.00523. The third-order valence-corrected chi connectivity index (χ3v) is 4.51. The second kappa shape index (κ2) is 8.04. The Morgan fingerprint density at radius 1 is 1.11 bits per heavy atom. The van der Waals surface area contributed by atoms with Gasteiger partial charge < -0.3 is 15.3 Å². The summed E-state index contributed by atoms with van der Waals surface area (Å²) < 4.78 is 14.5. The highest BCUT2D eigenvalue weighted by atomic mass is 19.1. The molecule has 28 heavy (non-hydrogen) atoms. The second-order valence-corrected chi connectivity index (χ2v) is 6.36. The Morgan fingerprint density at radius 3 is 2.39 bits per heavy atom. The molecule has 1 atom stereocenters. The third kappa shape index (κ3) is 3.64. The lowest BCUT2D eigenvalue weighted by Crippen LogP contribution is -2.37. The number of carbonyl (C=O) groups excluding carboxylic acids is 3. The summed E-state index contributed by atoms with van der Waals surface area (Å²) in [6.45, 7) is 1.42. The zero-order chi connectivity index (χ0) is 20.3. The lowest BCUT2D eigenvalue weighted by atomic mass is 9.95. The maximum Gasteiger partial charge on any atom is 0.295 e. The fourth-order valence-corrected chi connectivity index (χ4v) is 3.23. The SMILES string of the molecule is CC(=O)NCCN1C(=O)C(=O)C(=C(O)c2ccccc2)C1c1ccccc1F. The number of ketones is 1. The molecule has 1 saturated heterocycles. The molecule has 1 heterocycles. The molecular formula is C21H19FN2O4. The van der Waals surface area contributed by atoms with Gasteiger partial charge in [0.15, 0.2) is 0 Å². The fraction of sp³-hybridized carbons (Fsp3) is 0.190. The van der Waals surface area contributed by atoms with Gasteiger partial charge in [-0.2, -0.15) is 0 Å². The van der Waals surface area contributed by atoms with Crippen LogP contribution < -0.4 is 5.32 Å². The van der Waals surface area contributed by atoms with Crippen LogP contribution in [0.25, 0.3) is 5.76 Å². The number of aliphatic hydroxyl groups excluding tert-OH is 1. The number of amides is 2. The van der Waals surface area contributed by atoms with E-state index in [0.717, 1.165) is 0 Å². The first-order valence-electron chi connectivity index (χ1n) is 8.74. The highest BCUT2D eigenvalue weighted by molar-refractivity contribution is 6.46. The standard InChI is InChI=1S/C21H19FN2O4/c1-13(25)23-11-12-24-18(15-9-5-6-10-16(15)22)17(20(27)21(24)28)19(26)14-7-3-2-4-8-14/h2-10,18,26H,11-12H2,1H3,(H,23,25). The molecule has 1 aliphatic heterocycles. The number of carbonyl (C=O) groups is 3. The molecule has 7 heteroatoms. The molecule has 1 aliphatic rings. The van der Waals surface area contributed by atoms with E-state index in [1.807, 2.05) is 0 Å². The molecule has 144 valence electrons. The van der Waals surface area contributed by atoms with Gasteiger partial charge in [0.2, 0.25) is 5.91 Å². The van der Waals surface area contributed by atoms with Gasteiger partial charge in [0.1, 0.15) is 11.6 Å². The number of hydrogen-bond donors (Lipinski definition) is 2. The highest BCUT2D eigenvalue weighted by Gasteiger charge is 2.46. The molecule has 0 spiro atoms. The smallest absolute Gasteiger partial charge is 0.295 e. The van der Waals surface area contributed by atoms with Crippen LogP contribution in [0.5, 0.6) is 0 Å². The lowest BCUT2D eigenvalue weighted by molar-refractivity contribution is -0.140. The number of Topliss-reactive ketones (excluding diaryl/α,β-unsaturated/α-hetero) is 1. The Labute approximate surface area is 161 Å². The summed E-state index contributed by atoms with van der Waals surface area (Å²) in [5.74, 6) is -3.00. The van der Waals surface area contributed by atoms with Gasteiger partial charge in [0.05, 0.1) is 11.6 Å². The average molecular weight is 382 g/mol. The van der Waals surface area contributed by atoms with Gasteiger partial charge in [-0.15, -0.1) is 0 Å². The summed E-state index contributed by atoms with van der Waals surface area (Å²) in [5.41, 5.74) is 0.273. The zero-order valence-electron chi connectivity index (χ0n) is 15.2. The predicted molar refractivity (Wildman–Crippen MR) is 101 cm³/mol. The third-order valence-electron chi connectivity index (χ3n) is 4.51. The van der Waals surface area contributed by atoms with E-state index in [1.54, 1.807) is 36.4 Å². The van der Waals surface area contributed by atoms with Crippen molar-refractivity contribution in [2.24, 2.45) is 0 Å². The molecule has 2 amide bonds. The molecule has 0 saturated carbocycles. The topological polar surface area (TPSA) is 86.7 Å². The number of nitrogens with one attached hydrogen (secondary N) is 1. The van der Waals surface area contributed by atoms with E-state index in [9.17, 15) is 23.9 Å². The summed E-state index contributed by atoms with van der Waals surface area (Å²) in [6, 6.07) is 13.0. The number of aliphatic hydroxyl groups is 1. The molecule has 0 aromatic heterocycles. The summed E-state index contributed by atoms with van der Waals surface area (Å²) in [4.78, 5) is 37.6. The first kappa shape index (κ1) is 19.3. The second-order valence-electron chi connectivity index (χ2n) is 6.36. The molecule has 3 rings (SSSR count). The quantitative estimate of drug-likeness (QED) is 0.472. The van der Waals surface area contributed by atoms with Crippen LogP contribution in [0.2, 0.25) is 0 Å². The van der Waals surface area contributed by atoms with Crippen LogP contribution >= 0.6 is 0 Å². The van der Waals surface area contributed by atoms with Crippen LogP contribution in [0.4, 0.5) is 4.39 Å². The molecule has 0 radical (unpaired) electrons. The Kier molecular flexibility index (Phi) is 5.54. The van der Waals surface area contributed by atoms with Crippen molar-refractivity contribution in [1.29, 1.82) is 0 Å². The molecule has 1 fully saturated rings. The first-order valence-corrected chi connectivity index (χ1v) is 8.74. The Hall–Kier alpha value is -3.48. The van der Waals surface area contributed by atoms with E-state index < -0.39 is 23.5 Å². The first-order chi connectivity index (χ1) is 13.4. The number of hydrogen-bond acceptors (Lipinski definition) is 4. The van der Waals surface area contributed by atoms with Crippen molar-refractivity contribution < 1.29 is 23.9 Å². The minimum Gasteiger partial charge on any atom is -0.507 e. The van der Waals surface area contributed by atoms with E-state index in [4.69, 9.17) is 0 Å². The molecule has 0 bridgehead atoms. The van der Waals surface area contributed by atoms with Gasteiger partial charge in [0, 0.05) is 31.1 Å². The summed E-state index contributed by atoms with van der Waals surface area (Å²) >= 11 is 0. The van der Waals surface area contributed by atoms with Crippen LogP contribution in [-0.4, -0.2) is 40.7 Å². The Bertz CT molecular complexity index is 956. The van der Waals surface area contributed by atoms with Crippen molar-refractivity contribution >= 4 is 23.4 Å². The van der Waals surface area contributed by atoms with Crippen molar-refractivity contribution in [3.63, 3.8) is 0 Å². The van der Waals surface area contributed by atoms with Crippen molar-refractivity contribution in [3.05, 3.63) is 77.1 Å². The molecule has 2 N–H and O–H groups in total. The minimum atomic E-state index is -1.09. The van der Waals surface area contributed by atoms with Crippen molar-refractivity contribution in [3.8, 4) is 0 Å². The predicted octanol–water partition coefficient (Wildman–Crippen LogP) is 2.38. The molecule has 2 aromatic rings. The summed E-state index contributed by atoms with van der Waals surface area (Å²) in [5, 5.41) is 13.3. The molecule has 0 aliphatic carbocycles. The maximum absolute atomic E-state index is 14.5. The Balaban J connectivity index is 2.11. The fourth-order valence-electron chi connectivity index (χ4n) is 3.23. The molecule has 1 unspecified atom stereocenters. The number of likely N-dealkylation sites (tertiary alicyclic amines) is 1. The van der Waals surface area contributed by atoms with Gasteiger partial charge in [0.25, 0.3) is 11.7 Å².